The zero-order valence-corrected chi connectivity index (χ0v) is 13.8. The van der Waals surface area contributed by atoms with Gasteiger partial charge in [0, 0.05) is 0 Å². The van der Waals surface area contributed by atoms with Crippen molar-refractivity contribution in [2.75, 3.05) is 0 Å². The molecule has 0 saturated carbocycles. The number of nitrogens with one attached hydrogen (secondary N) is 1. The van der Waals surface area contributed by atoms with Gasteiger partial charge < -0.3 is 10.4 Å². The molecule has 106 valence electrons. The fourth-order valence-corrected chi connectivity index (χ4v) is 4.19. The lowest BCUT2D eigenvalue weighted by molar-refractivity contribution is -0.137. The monoisotopic (exact) mass is 422 g/mol. The van der Waals surface area contributed by atoms with Crippen molar-refractivity contribution in [3.8, 4) is 0 Å². The van der Waals surface area contributed by atoms with Crippen molar-refractivity contribution in [3.05, 3.63) is 31.1 Å². The van der Waals surface area contributed by atoms with Gasteiger partial charge >= 0.3 is 5.97 Å². The number of hydrogen-bond acceptors (Lipinski definition) is 5. The summed E-state index contributed by atoms with van der Waals surface area (Å²) in [4.78, 5) is 22.4. The average Bonchev–Trinajstić information content (AvgIpc) is 2.92. The number of carboxylic acid groups (broad SMARTS) is 1. The maximum atomic E-state index is 11.9. The predicted octanol–water partition coefficient (Wildman–Crippen LogP) is 1.88. The van der Waals surface area contributed by atoms with Crippen LogP contribution in [-0.4, -0.2) is 32.0 Å². The van der Waals surface area contributed by atoms with Crippen molar-refractivity contribution in [2.24, 2.45) is 0 Å². The van der Waals surface area contributed by atoms with Crippen molar-refractivity contribution >= 4 is 55.1 Å². The Balaban J connectivity index is 1.95. The van der Waals surface area contributed by atoms with Crippen LogP contribution in [0.2, 0.25) is 0 Å². The van der Waals surface area contributed by atoms with Crippen molar-refractivity contribution in [1.82, 2.24) is 20.3 Å². The number of carbonyl (C=O) groups is 2. The molecule has 0 unspecified atom stereocenters. The van der Waals surface area contributed by atoms with Gasteiger partial charge in [0.05, 0.1) is 25.9 Å². The van der Waals surface area contributed by atoms with E-state index in [1.165, 1.54) is 22.2 Å². The first kappa shape index (κ1) is 15.1. The second-order valence-corrected chi connectivity index (χ2v) is 7.47. The molecule has 2 N–H and O–H groups in total. The standard InChI is InChI=1S/C10H8Br2N4O3S/c11-7-1-6(9(12)20-7)10(19)13-2-5-3-16(15-14-5)4-8(17)18/h1,3H,2,4H2,(H,13,19)(H,17,18). The molecule has 2 heterocycles. The van der Waals surface area contributed by atoms with Crippen LogP contribution in [0.3, 0.4) is 0 Å². The Morgan fingerprint density at radius 1 is 1.45 bits per heavy atom. The van der Waals surface area contributed by atoms with Crippen LogP contribution in [-0.2, 0) is 17.9 Å². The van der Waals surface area contributed by atoms with Crippen molar-refractivity contribution in [2.45, 2.75) is 13.1 Å². The molecular formula is C10H8Br2N4O3S. The van der Waals surface area contributed by atoms with Crippen LogP contribution in [0.25, 0.3) is 0 Å². The van der Waals surface area contributed by atoms with Crippen LogP contribution in [0.5, 0.6) is 0 Å². The Morgan fingerprint density at radius 3 is 2.80 bits per heavy atom. The van der Waals surface area contributed by atoms with Crippen LogP contribution in [0, 0.1) is 0 Å². The van der Waals surface area contributed by atoms with Crippen LogP contribution in [0.15, 0.2) is 19.8 Å². The summed E-state index contributed by atoms with van der Waals surface area (Å²) in [5.41, 5.74) is 1.02. The summed E-state index contributed by atoms with van der Waals surface area (Å²) in [5.74, 6) is -1.25. The molecule has 0 saturated heterocycles. The molecule has 2 aromatic rings. The molecule has 0 aliphatic rings. The molecule has 0 aliphatic heterocycles. The highest BCUT2D eigenvalue weighted by Gasteiger charge is 2.14. The highest BCUT2D eigenvalue weighted by molar-refractivity contribution is 9.12. The topological polar surface area (TPSA) is 97.1 Å². The van der Waals surface area contributed by atoms with Gasteiger partial charge in [-0.1, -0.05) is 5.21 Å². The molecule has 20 heavy (non-hydrogen) atoms. The number of carboxylic acids is 1. The van der Waals surface area contributed by atoms with E-state index < -0.39 is 5.97 Å². The Labute approximate surface area is 134 Å². The minimum absolute atomic E-state index is 0.179. The molecule has 0 atom stereocenters. The third-order valence-electron chi connectivity index (χ3n) is 2.21. The number of thiophene rings is 1. The Hall–Kier alpha value is -1.26. The minimum Gasteiger partial charge on any atom is -0.480 e. The molecule has 2 rings (SSSR count). The summed E-state index contributed by atoms with van der Waals surface area (Å²) < 4.78 is 2.78. The number of halogens is 2. The van der Waals surface area contributed by atoms with E-state index in [-0.39, 0.29) is 19.0 Å². The van der Waals surface area contributed by atoms with E-state index in [1.54, 1.807) is 6.07 Å². The van der Waals surface area contributed by atoms with E-state index in [1.807, 2.05) is 0 Å². The number of amides is 1. The number of aliphatic carboxylic acids is 1. The Kier molecular flexibility index (Phi) is 4.89. The highest BCUT2D eigenvalue weighted by Crippen LogP contribution is 2.31. The van der Waals surface area contributed by atoms with E-state index in [0.29, 0.717) is 11.3 Å². The van der Waals surface area contributed by atoms with E-state index in [0.717, 1.165) is 7.57 Å². The van der Waals surface area contributed by atoms with Crippen LogP contribution >= 0.6 is 43.2 Å². The molecule has 0 spiro atoms. The largest absolute Gasteiger partial charge is 0.480 e. The summed E-state index contributed by atoms with van der Waals surface area (Å²) in [5, 5.41) is 18.7. The molecule has 7 nitrogen and oxygen atoms in total. The molecule has 2 aromatic heterocycles. The number of nitrogens with zero attached hydrogens (tertiary/aromatic N) is 3. The van der Waals surface area contributed by atoms with Gasteiger partial charge in [-0.15, -0.1) is 16.4 Å². The quantitative estimate of drug-likeness (QED) is 0.765. The third-order valence-corrected chi connectivity index (χ3v) is 4.55. The van der Waals surface area contributed by atoms with Crippen molar-refractivity contribution < 1.29 is 14.7 Å². The van der Waals surface area contributed by atoms with Gasteiger partial charge in [0.25, 0.3) is 5.91 Å². The van der Waals surface area contributed by atoms with E-state index in [9.17, 15) is 9.59 Å². The van der Waals surface area contributed by atoms with Gasteiger partial charge in [-0.05, 0) is 37.9 Å². The summed E-state index contributed by atoms with van der Waals surface area (Å²) in [6.45, 7) is -0.0810. The first-order valence-corrected chi connectivity index (χ1v) is 7.70. The zero-order valence-electron chi connectivity index (χ0n) is 9.84. The first-order chi connectivity index (χ1) is 9.45. The number of aromatic nitrogens is 3. The SMILES string of the molecule is O=C(O)Cn1cc(CNC(=O)c2cc(Br)sc2Br)nn1. The summed E-state index contributed by atoms with van der Waals surface area (Å²) in [6.07, 6.45) is 1.48. The van der Waals surface area contributed by atoms with Gasteiger partial charge in [-0.3, -0.25) is 9.59 Å². The highest BCUT2D eigenvalue weighted by atomic mass is 79.9. The van der Waals surface area contributed by atoms with Gasteiger partial charge in [0.2, 0.25) is 0 Å². The molecule has 1 amide bonds. The maximum Gasteiger partial charge on any atom is 0.325 e. The average molecular weight is 424 g/mol. The second-order valence-electron chi connectivity index (χ2n) is 3.72. The second kappa shape index (κ2) is 6.46. The molecular weight excluding hydrogens is 416 g/mol. The molecule has 0 bridgehead atoms. The summed E-state index contributed by atoms with van der Waals surface area (Å²) in [7, 11) is 0. The predicted molar refractivity (Wildman–Crippen MR) is 78.5 cm³/mol. The van der Waals surface area contributed by atoms with Crippen LogP contribution in [0.1, 0.15) is 16.1 Å². The third kappa shape index (κ3) is 3.87. The Morgan fingerprint density at radius 2 is 2.20 bits per heavy atom. The minimum atomic E-state index is -1.00. The normalized spacial score (nSPS) is 10.5. The summed E-state index contributed by atoms with van der Waals surface area (Å²) >= 11 is 8.01. The fraction of sp³-hybridized carbons (Fsp3) is 0.200. The van der Waals surface area contributed by atoms with Gasteiger partial charge in [-0.2, -0.15) is 0 Å². The lowest BCUT2D eigenvalue weighted by Crippen LogP contribution is -2.22. The number of rotatable bonds is 5. The van der Waals surface area contributed by atoms with Gasteiger partial charge in [0.1, 0.15) is 12.2 Å². The molecule has 0 fully saturated rings. The Bertz CT molecular complexity index is 655. The lowest BCUT2D eigenvalue weighted by atomic mass is 10.3. The van der Waals surface area contributed by atoms with E-state index in [2.05, 4.69) is 47.5 Å². The zero-order chi connectivity index (χ0) is 14.7. The van der Waals surface area contributed by atoms with Crippen molar-refractivity contribution in [3.63, 3.8) is 0 Å². The van der Waals surface area contributed by atoms with Gasteiger partial charge in [-0.25, -0.2) is 4.68 Å². The van der Waals surface area contributed by atoms with Gasteiger partial charge in [0.15, 0.2) is 0 Å². The molecule has 0 radical (unpaired) electrons. The molecule has 0 aliphatic carbocycles. The summed E-state index contributed by atoms with van der Waals surface area (Å²) in [6, 6.07) is 1.71. The lowest BCUT2D eigenvalue weighted by Gasteiger charge is -2.01. The fourth-order valence-electron chi connectivity index (χ4n) is 1.40. The smallest absolute Gasteiger partial charge is 0.325 e. The molecule has 10 heteroatoms. The number of carbonyl (C=O) groups excluding carboxylic acids is 1. The van der Waals surface area contributed by atoms with E-state index >= 15 is 0 Å². The first-order valence-electron chi connectivity index (χ1n) is 5.29. The number of hydrogen-bond donors (Lipinski definition) is 2. The van der Waals surface area contributed by atoms with Crippen LogP contribution < -0.4 is 5.32 Å². The molecule has 0 aromatic carbocycles. The maximum absolute atomic E-state index is 11.9. The van der Waals surface area contributed by atoms with Crippen molar-refractivity contribution in [1.29, 1.82) is 0 Å². The van der Waals surface area contributed by atoms with Crippen LogP contribution in [0.4, 0.5) is 0 Å². The van der Waals surface area contributed by atoms with E-state index in [4.69, 9.17) is 5.11 Å².